The highest BCUT2D eigenvalue weighted by atomic mass is 32.1. The molecule has 0 saturated heterocycles. The van der Waals surface area contributed by atoms with Crippen molar-refractivity contribution in [3.05, 3.63) is 35.6 Å². The Morgan fingerprint density at radius 2 is 1.80 bits per heavy atom. The van der Waals surface area contributed by atoms with E-state index in [1.165, 1.54) is 24.3 Å². The summed E-state index contributed by atoms with van der Waals surface area (Å²) in [7, 11) is 0. The van der Waals surface area contributed by atoms with Crippen molar-refractivity contribution in [1.82, 2.24) is 0 Å². The lowest BCUT2D eigenvalue weighted by atomic mass is 10.2. The van der Waals surface area contributed by atoms with Crippen LogP contribution in [0.25, 0.3) is 0 Å². The molecular formula is C7H4FOS. The van der Waals surface area contributed by atoms with Gasteiger partial charge in [0.05, 0.1) is 0 Å². The van der Waals surface area contributed by atoms with E-state index >= 15 is 0 Å². The van der Waals surface area contributed by atoms with E-state index in [0.29, 0.717) is 5.56 Å². The molecule has 1 radical (unpaired) electrons. The molecule has 0 aliphatic carbocycles. The Bertz CT molecular complexity index is 242. The van der Waals surface area contributed by atoms with Crippen LogP contribution in [0.1, 0.15) is 10.4 Å². The summed E-state index contributed by atoms with van der Waals surface area (Å²) in [6.07, 6.45) is 0. The first-order valence-electron chi connectivity index (χ1n) is 2.67. The first-order valence-corrected chi connectivity index (χ1v) is 3.08. The highest BCUT2D eigenvalue weighted by Gasteiger charge is 1.98. The summed E-state index contributed by atoms with van der Waals surface area (Å²) in [5.41, 5.74) is 0.358. The van der Waals surface area contributed by atoms with Gasteiger partial charge >= 0.3 is 0 Å². The van der Waals surface area contributed by atoms with E-state index in [1.54, 1.807) is 0 Å². The van der Waals surface area contributed by atoms with Gasteiger partial charge in [0.25, 0.3) is 0 Å². The fourth-order valence-electron chi connectivity index (χ4n) is 0.586. The molecule has 0 aliphatic heterocycles. The van der Waals surface area contributed by atoms with E-state index in [9.17, 15) is 9.18 Å². The molecule has 0 spiro atoms. The monoisotopic (exact) mass is 155 g/mol. The zero-order valence-electron chi connectivity index (χ0n) is 5.00. The van der Waals surface area contributed by atoms with Gasteiger partial charge in [0, 0.05) is 5.56 Å². The van der Waals surface area contributed by atoms with Gasteiger partial charge in [-0.25, -0.2) is 4.39 Å². The first-order chi connectivity index (χ1) is 4.70. The second kappa shape index (κ2) is 2.75. The predicted octanol–water partition coefficient (Wildman–Crippen LogP) is 2.16. The second-order valence-corrected chi connectivity index (χ2v) is 2.17. The topological polar surface area (TPSA) is 17.1 Å². The van der Waals surface area contributed by atoms with Crippen molar-refractivity contribution in [2.45, 2.75) is 0 Å². The molecule has 10 heavy (non-hydrogen) atoms. The highest BCUT2D eigenvalue weighted by molar-refractivity contribution is 7.97. The summed E-state index contributed by atoms with van der Waals surface area (Å²) in [5, 5.41) is -0.458. The number of halogens is 1. The average Bonchev–Trinajstić information content (AvgIpc) is 1.88. The van der Waals surface area contributed by atoms with Crippen LogP contribution in [0, 0.1) is 5.82 Å². The molecule has 0 N–H and O–H groups in total. The zero-order valence-corrected chi connectivity index (χ0v) is 5.82. The molecule has 0 atom stereocenters. The van der Waals surface area contributed by atoms with Crippen molar-refractivity contribution < 1.29 is 9.18 Å². The van der Waals surface area contributed by atoms with Crippen LogP contribution in [0.15, 0.2) is 24.3 Å². The molecular weight excluding hydrogens is 151 g/mol. The number of hydrogen-bond acceptors (Lipinski definition) is 1. The van der Waals surface area contributed by atoms with Crippen LogP contribution in [0.2, 0.25) is 0 Å². The van der Waals surface area contributed by atoms with Gasteiger partial charge in [-0.05, 0) is 36.9 Å². The third-order valence-corrected chi connectivity index (χ3v) is 1.32. The van der Waals surface area contributed by atoms with Crippen molar-refractivity contribution in [3.63, 3.8) is 0 Å². The smallest absolute Gasteiger partial charge is 0.249 e. The largest absolute Gasteiger partial charge is 0.276 e. The lowest BCUT2D eigenvalue weighted by molar-refractivity contribution is 0.109. The highest BCUT2D eigenvalue weighted by Crippen LogP contribution is 2.04. The van der Waals surface area contributed by atoms with E-state index in [-0.39, 0.29) is 5.82 Å². The Hall–Kier alpha value is -0.960. The molecule has 1 rings (SSSR count). The lowest BCUT2D eigenvalue weighted by Gasteiger charge is -1.90. The molecule has 3 heteroatoms. The van der Waals surface area contributed by atoms with Gasteiger partial charge in [0.2, 0.25) is 5.12 Å². The Labute approximate surface area is 63.3 Å². The molecule has 51 valence electrons. The van der Waals surface area contributed by atoms with E-state index in [2.05, 4.69) is 12.6 Å². The van der Waals surface area contributed by atoms with Gasteiger partial charge in [0.15, 0.2) is 0 Å². The van der Waals surface area contributed by atoms with Crippen molar-refractivity contribution in [1.29, 1.82) is 0 Å². The van der Waals surface area contributed by atoms with Gasteiger partial charge in [-0.2, -0.15) is 0 Å². The van der Waals surface area contributed by atoms with E-state index < -0.39 is 5.12 Å². The molecule has 0 saturated carbocycles. The molecule has 1 nitrogen and oxygen atoms in total. The number of hydrogen-bond donors (Lipinski definition) is 0. The maximum atomic E-state index is 12.2. The molecule has 0 heterocycles. The fourth-order valence-corrected chi connectivity index (χ4v) is 0.722. The molecule has 1 aromatic rings. The van der Waals surface area contributed by atoms with Crippen molar-refractivity contribution in [2.24, 2.45) is 0 Å². The summed E-state index contributed by atoms with van der Waals surface area (Å²) >= 11 is 4.33. The Balaban J connectivity index is 3.00. The Kier molecular flexibility index (Phi) is 1.97. The van der Waals surface area contributed by atoms with Gasteiger partial charge in [-0.15, -0.1) is 0 Å². The van der Waals surface area contributed by atoms with Crippen LogP contribution < -0.4 is 0 Å². The van der Waals surface area contributed by atoms with Crippen LogP contribution in [-0.2, 0) is 0 Å². The van der Waals surface area contributed by atoms with Crippen LogP contribution in [0.4, 0.5) is 4.39 Å². The second-order valence-electron chi connectivity index (χ2n) is 1.79. The fraction of sp³-hybridized carbons (Fsp3) is 0. The van der Waals surface area contributed by atoms with Crippen LogP contribution in [-0.4, -0.2) is 5.12 Å². The predicted molar refractivity (Wildman–Crippen MR) is 38.3 cm³/mol. The van der Waals surface area contributed by atoms with Gasteiger partial charge in [-0.3, -0.25) is 4.79 Å². The lowest BCUT2D eigenvalue weighted by Crippen LogP contribution is -1.87. The van der Waals surface area contributed by atoms with E-state index in [4.69, 9.17) is 0 Å². The number of carbonyl (C=O) groups excluding carboxylic acids is 1. The van der Waals surface area contributed by atoms with Crippen LogP contribution in [0.5, 0.6) is 0 Å². The third kappa shape index (κ3) is 1.51. The van der Waals surface area contributed by atoms with Crippen molar-refractivity contribution >= 4 is 17.7 Å². The minimum atomic E-state index is -0.458. The number of benzene rings is 1. The number of carbonyl (C=O) groups is 1. The summed E-state index contributed by atoms with van der Waals surface area (Å²) in [5.74, 6) is -0.361. The summed E-state index contributed by atoms with van der Waals surface area (Å²) in [6.45, 7) is 0. The minimum absolute atomic E-state index is 0.358. The number of rotatable bonds is 1. The van der Waals surface area contributed by atoms with Gasteiger partial charge in [0.1, 0.15) is 5.82 Å². The molecule has 0 bridgehead atoms. The molecule has 0 amide bonds. The van der Waals surface area contributed by atoms with E-state index in [1.807, 2.05) is 0 Å². The van der Waals surface area contributed by atoms with Gasteiger partial charge in [-0.1, -0.05) is 0 Å². The molecule has 1 aromatic carbocycles. The minimum Gasteiger partial charge on any atom is -0.276 e. The third-order valence-electron chi connectivity index (χ3n) is 1.08. The quantitative estimate of drug-likeness (QED) is 0.607. The standard InChI is InChI=1S/C7H4FOS/c8-6-3-1-5(2-4-6)7(9)10/h1-4H. The van der Waals surface area contributed by atoms with Crippen molar-refractivity contribution in [3.8, 4) is 0 Å². The molecule has 0 aromatic heterocycles. The van der Waals surface area contributed by atoms with Gasteiger partial charge < -0.3 is 0 Å². The SMILES string of the molecule is O=C([S])c1ccc(F)cc1. The zero-order chi connectivity index (χ0) is 7.56. The first kappa shape index (κ1) is 7.15. The van der Waals surface area contributed by atoms with Crippen LogP contribution >= 0.6 is 12.6 Å². The van der Waals surface area contributed by atoms with Crippen molar-refractivity contribution in [2.75, 3.05) is 0 Å². The maximum absolute atomic E-state index is 12.2. The Morgan fingerprint density at radius 1 is 1.30 bits per heavy atom. The molecule has 0 unspecified atom stereocenters. The maximum Gasteiger partial charge on any atom is 0.249 e. The van der Waals surface area contributed by atoms with Crippen LogP contribution in [0.3, 0.4) is 0 Å². The summed E-state index contributed by atoms with van der Waals surface area (Å²) in [6, 6.07) is 5.15. The summed E-state index contributed by atoms with van der Waals surface area (Å²) in [4.78, 5) is 10.4. The normalized spacial score (nSPS) is 9.30. The Morgan fingerprint density at radius 3 is 2.20 bits per heavy atom. The summed E-state index contributed by atoms with van der Waals surface area (Å²) < 4.78 is 12.2. The molecule has 0 fully saturated rings. The average molecular weight is 155 g/mol. The van der Waals surface area contributed by atoms with E-state index in [0.717, 1.165) is 0 Å². The molecule has 0 aliphatic rings.